The van der Waals surface area contributed by atoms with E-state index in [1.165, 1.54) is 0 Å². The second kappa shape index (κ2) is 7.27. The number of nitrogens with one attached hydrogen (secondary N) is 2. The molecule has 7 rings (SSSR count). The average Bonchev–Trinajstić information content (AvgIpc) is 3.34. The van der Waals surface area contributed by atoms with Crippen LogP contribution in [0.15, 0.2) is 30.6 Å². The number of amides is 2. The van der Waals surface area contributed by atoms with Crippen molar-refractivity contribution in [2.24, 2.45) is 5.92 Å². The van der Waals surface area contributed by atoms with Crippen molar-refractivity contribution in [2.75, 3.05) is 31.6 Å². The molecule has 1 saturated carbocycles. The fraction of sp³-hybridized carbons (Fsp3) is 0.462. The summed E-state index contributed by atoms with van der Waals surface area (Å²) < 4.78 is 8.63. The number of hydrogen-bond acceptors (Lipinski definition) is 6. The van der Waals surface area contributed by atoms with E-state index in [1.807, 2.05) is 32.4 Å². The van der Waals surface area contributed by atoms with Gasteiger partial charge >= 0.3 is 0 Å². The Balaban J connectivity index is 1.31. The number of likely N-dealkylation sites (N-methyl/N-ethyl adjacent to an activating group) is 1. The van der Waals surface area contributed by atoms with Gasteiger partial charge in [-0.2, -0.15) is 0 Å². The van der Waals surface area contributed by atoms with Crippen LogP contribution >= 0.6 is 0 Å². The zero-order valence-corrected chi connectivity index (χ0v) is 19.9. The summed E-state index contributed by atoms with van der Waals surface area (Å²) in [7, 11) is 1.85. The molecular weight excluding hydrogens is 444 g/mol. The van der Waals surface area contributed by atoms with E-state index in [0.717, 1.165) is 46.4 Å². The number of benzene rings is 1. The van der Waals surface area contributed by atoms with Crippen molar-refractivity contribution in [3.63, 3.8) is 0 Å². The lowest BCUT2D eigenvalue weighted by atomic mass is 9.76. The van der Waals surface area contributed by atoms with Gasteiger partial charge in [-0.25, -0.2) is 9.97 Å². The molecule has 0 bridgehead atoms. The molecule has 1 aliphatic carbocycles. The number of aromatic nitrogens is 3. The topological polar surface area (TPSA) is 101 Å². The number of fused-ring (bicyclic) bond motifs is 3. The van der Waals surface area contributed by atoms with Crippen LogP contribution < -0.4 is 20.3 Å². The van der Waals surface area contributed by atoms with Gasteiger partial charge in [0.05, 0.1) is 17.5 Å². The summed E-state index contributed by atoms with van der Waals surface area (Å²) in [5.74, 6) is 0.870. The van der Waals surface area contributed by atoms with Crippen molar-refractivity contribution in [2.45, 2.75) is 43.7 Å². The SMILES string of the molecule is CC(Oc1nc(-c2ccc3c(c2)N(C)C(=O)C32CNC2)cc2ncn(C3CC3)c12)C1CNC(=O)C1. The molecule has 35 heavy (non-hydrogen) atoms. The maximum Gasteiger partial charge on any atom is 0.241 e. The van der Waals surface area contributed by atoms with Crippen molar-refractivity contribution >= 4 is 28.5 Å². The standard InChI is InChI=1S/C26H28N6O3/c1-14(16-8-22(33)28-10-16)35-24-23-20(29-13-32(23)17-4-5-17)9-19(30-24)15-3-6-18-21(7-15)31(2)25(34)26(18)11-27-12-26/h3,6-7,9,13-14,16-17,27H,4-5,8,10-12H2,1-2H3,(H,28,33). The van der Waals surface area contributed by atoms with Gasteiger partial charge in [0, 0.05) is 56.3 Å². The number of pyridine rings is 1. The summed E-state index contributed by atoms with van der Waals surface area (Å²) in [4.78, 5) is 36.2. The molecule has 3 aromatic rings. The highest BCUT2D eigenvalue weighted by Crippen LogP contribution is 2.46. The van der Waals surface area contributed by atoms with Crippen LogP contribution in [0, 0.1) is 5.92 Å². The van der Waals surface area contributed by atoms with Crippen LogP contribution in [0.25, 0.3) is 22.3 Å². The minimum absolute atomic E-state index is 0.0663. The molecule has 3 fully saturated rings. The molecule has 2 N–H and O–H groups in total. The number of carbonyl (C=O) groups is 2. The number of nitrogens with zero attached hydrogens (tertiary/aromatic N) is 4. The molecule has 4 aliphatic rings. The van der Waals surface area contributed by atoms with Crippen LogP contribution in [-0.2, 0) is 15.0 Å². The summed E-state index contributed by atoms with van der Waals surface area (Å²) >= 11 is 0. The average molecular weight is 473 g/mol. The van der Waals surface area contributed by atoms with Gasteiger partial charge in [0.2, 0.25) is 17.7 Å². The molecule has 2 amide bonds. The molecule has 1 aromatic carbocycles. The van der Waals surface area contributed by atoms with Gasteiger partial charge in [-0.3, -0.25) is 9.59 Å². The maximum atomic E-state index is 13.0. The molecule has 0 radical (unpaired) electrons. The second-order valence-electron chi connectivity index (χ2n) is 10.4. The first-order valence-corrected chi connectivity index (χ1v) is 12.4. The van der Waals surface area contributed by atoms with E-state index in [2.05, 4.69) is 27.3 Å². The molecule has 180 valence electrons. The largest absolute Gasteiger partial charge is 0.473 e. The molecule has 2 atom stereocenters. The van der Waals surface area contributed by atoms with Crippen LogP contribution in [0.3, 0.4) is 0 Å². The molecule has 9 nitrogen and oxygen atoms in total. The van der Waals surface area contributed by atoms with Gasteiger partial charge < -0.3 is 24.8 Å². The third kappa shape index (κ3) is 3.03. The number of carbonyl (C=O) groups excluding carboxylic acids is 2. The Morgan fingerprint density at radius 2 is 2.03 bits per heavy atom. The maximum absolute atomic E-state index is 13.0. The molecule has 2 aromatic heterocycles. The van der Waals surface area contributed by atoms with E-state index in [4.69, 9.17) is 14.7 Å². The van der Waals surface area contributed by atoms with Gasteiger partial charge in [-0.05, 0) is 37.5 Å². The molecular formula is C26H28N6O3. The van der Waals surface area contributed by atoms with Crippen LogP contribution in [0.5, 0.6) is 5.88 Å². The first-order valence-electron chi connectivity index (χ1n) is 12.4. The quantitative estimate of drug-likeness (QED) is 0.590. The van der Waals surface area contributed by atoms with E-state index in [-0.39, 0.29) is 23.8 Å². The van der Waals surface area contributed by atoms with Crippen LogP contribution in [-0.4, -0.2) is 59.1 Å². The Hall–Kier alpha value is -3.46. The smallest absolute Gasteiger partial charge is 0.241 e. The lowest BCUT2D eigenvalue weighted by Crippen LogP contribution is -2.61. The second-order valence-corrected chi connectivity index (χ2v) is 10.4. The summed E-state index contributed by atoms with van der Waals surface area (Å²) in [6.07, 6.45) is 4.44. The molecule has 9 heteroatoms. The van der Waals surface area contributed by atoms with E-state index >= 15 is 0 Å². The normalized spacial score (nSPS) is 23.5. The number of hydrogen-bond donors (Lipinski definition) is 2. The van der Waals surface area contributed by atoms with Gasteiger partial charge in [-0.15, -0.1) is 0 Å². The highest BCUT2D eigenvalue weighted by molar-refractivity contribution is 6.09. The highest BCUT2D eigenvalue weighted by Gasteiger charge is 2.53. The Morgan fingerprint density at radius 1 is 1.20 bits per heavy atom. The molecule has 2 unspecified atom stereocenters. The zero-order valence-electron chi connectivity index (χ0n) is 19.9. The van der Waals surface area contributed by atoms with Gasteiger partial charge in [0.25, 0.3) is 0 Å². The van der Waals surface area contributed by atoms with Crippen molar-refractivity contribution in [1.82, 2.24) is 25.2 Å². The third-order valence-electron chi connectivity index (χ3n) is 8.17. The number of rotatable bonds is 5. The minimum atomic E-state index is -0.431. The van der Waals surface area contributed by atoms with Crippen LogP contribution in [0.2, 0.25) is 0 Å². The summed E-state index contributed by atoms with van der Waals surface area (Å²) in [5, 5.41) is 6.16. The van der Waals surface area contributed by atoms with Crippen LogP contribution in [0.1, 0.15) is 37.8 Å². The predicted molar refractivity (Wildman–Crippen MR) is 130 cm³/mol. The van der Waals surface area contributed by atoms with E-state index in [9.17, 15) is 9.59 Å². The number of imidazole rings is 1. The number of ether oxygens (including phenoxy) is 1. The van der Waals surface area contributed by atoms with Gasteiger partial charge in [0.1, 0.15) is 17.0 Å². The van der Waals surface area contributed by atoms with Crippen LogP contribution in [0.4, 0.5) is 5.69 Å². The Bertz CT molecular complexity index is 1390. The first-order chi connectivity index (χ1) is 16.9. The predicted octanol–water partition coefficient (Wildman–Crippen LogP) is 2.15. The van der Waals surface area contributed by atoms with E-state index in [1.54, 1.807) is 4.90 Å². The molecule has 1 spiro atoms. The highest BCUT2D eigenvalue weighted by atomic mass is 16.5. The number of anilines is 1. The van der Waals surface area contributed by atoms with E-state index in [0.29, 0.717) is 38.0 Å². The Kier molecular flexibility index (Phi) is 4.34. The third-order valence-corrected chi connectivity index (χ3v) is 8.17. The van der Waals surface area contributed by atoms with Crippen molar-refractivity contribution in [3.8, 4) is 17.1 Å². The molecule has 5 heterocycles. The Morgan fingerprint density at radius 3 is 2.71 bits per heavy atom. The van der Waals surface area contributed by atoms with Gasteiger partial charge in [-0.1, -0.05) is 12.1 Å². The first kappa shape index (κ1) is 20.9. The van der Waals surface area contributed by atoms with E-state index < -0.39 is 5.41 Å². The fourth-order valence-electron chi connectivity index (χ4n) is 5.75. The summed E-state index contributed by atoms with van der Waals surface area (Å²) in [6.45, 7) is 3.98. The zero-order chi connectivity index (χ0) is 23.9. The molecule has 2 saturated heterocycles. The summed E-state index contributed by atoms with van der Waals surface area (Å²) in [6, 6.07) is 8.61. The van der Waals surface area contributed by atoms with Crippen molar-refractivity contribution in [1.29, 1.82) is 0 Å². The fourth-order valence-corrected chi connectivity index (χ4v) is 5.75. The van der Waals surface area contributed by atoms with Crippen molar-refractivity contribution < 1.29 is 14.3 Å². The lowest BCUT2D eigenvalue weighted by Gasteiger charge is -2.37. The molecule has 3 aliphatic heterocycles. The van der Waals surface area contributed by atoms with Crippen molar-refractivity contribution in [3.05, 3.63) is 36.2 Å². The Labute approximate surface area is 202 Å². The lowest BCUT2D eigenvalue weighted by molar-refractivity contribution is -0.124. The monoisotopic (exact) mass is 472 g/mol. The minimum Gasteiger partial charge on any atom is -0.473 e. The van der Waals surface area contributed by atoms with Gasteiger partial charge in [0.15, 0.2) is 0 Å². The summed E-state index contributed by atoms with van der Waals surface area (Å²) in [5.41, 5.74) is 5.02.